The van der Waals surface area contributed by atoms with Gasteiger partial charge in [0, 0.05) is 13.2 Å². The van der Waals surface area contributed by atoms with Crippen LogP contribution in [0.25, 0.3) is 0 Å². The quantitative estimate of drug-likeness (QED) is 0.745. The Morgan fingerprint density at radius 2 is 2.12 bits per heavy atom. The SMILES string of the molecule is CCO[C@H]1CC[C@@H]2[C@@H]1OCCN2S(=O)(=O)CC. The van der Waals surface area contributed by atoms with Gasteiger partial charge < -0.3 is 9.47 Å². The molecule has 2 fully saturated rings. The van der Waals surface area contributed by atoms with E-state index in [1.54, 1.807) is 11.2 Å². The molecule has 0 aromatic rings. The molecule has 0 unspecified atom stereocenters. The maximum atomic E-state index is 12.0. The molecule has 0 bridgehead atoms. The number of ether oxygens (including phenoxy) is 2. The van der Waals surface area contributed by atoms with E-state index in [0.717, 1.165) is 12.8 Å². The van der Waals surface area contributed by atoms with Crippen molar-refractivity contribution in [2.45, 2.75) is 44.9 Å². The molecule has 5 nitrogen and oxygen atoms in total. The maximum absolute atomic E-state index is 12.0. The fourth-order valence-corrected chi connectivity index (χ4v) is 4.11. The summed E-state index contributed by atoms with van der Waals surface area (Å²) in [5.41, 5.74) is 0. The molecule has 1 saturated carbocycles. The Hall–Kier alpha value is -0.170. The Morgan fingerprint density at radius 1 is 1.35 bits per heavy atom. The second-order valence-electron chi connectivity index (χ2n) is 4.49. The average molecular weight is 263 g/mol. The average Bonchev–Trinajstić information content (AvgIpc) is 2.73. The van der Waals surface area contributed by atoms with Crippen molar-refractivity contribution in [1.29, 1.82) is 0 Å². The lowest BCUT2D eigenvalue weighted by atomic mass is 10.1. The number of fused-ring (bicyclic) bond motifs is 1. The summed E-state index contributed by atoms with van der Waals surface area (Å²) in [6.45, 7) is 5.25. The van der Waals surface area contributed by atoms with E-state index in [1.165, 1.54) is 0 Å². The van der Waals surface area contributed by atoms with E-state index in [4.69, 9.17) is 9.47 Å². The highest BCUT2D eigenvalue weighted by Crippen LogP contribution is 2.33. The van der Waals surface area contributed by atoms with Gasteiger partial charge in [-0.2, -0.15) is 4.31 Å². The molecular formula is C11H21NO4S. The third kappa shape index (κ3) is 2.50. The summed E-state index contributed by atoms with van der Waals surface area (Å²) >= 11 is 0. The topological polar surface area (TPSA) is 55.8 Å². The lowest BCUT2D eigenvalue weighted by Crippen LogP contribution is -2.54. The number of hydrogen-bond acceptors (Lipinski definition) is 4. The van der Waals surface area contributed by atoms with E-state index in [1.807, 2.05) is 6.92 Å². The van der Waals surface area contributed by atoms with Gasteiger partial charge in [-0.3, -0.25) is 0 Å². The fraction of sp³-hybridized carbons (Fsp3) is 1.00. The van der Waals surface area contributed by atoms with Crippen LogP contribution < -0.4 is 0 Å². The molecule has 2 aliphatic rings. The van der Waals surface area contributed by atoms with Crippen molar-refractivity contribution < 1.29 is 17.9 Å². The van der Waals surface area contributed by atoms with Gasteiger partial charge in [0.15, 0.2) is 0 Å². The van der Waals surface area contributed by atoms with Crippen molar-refractivity contribution in [2.24, 2.45) is 0 Å². The molecule has 0 aromatic heterocycles. The number of rotatable bonds is 4. The van der Waals surface area contributed by atoms with Gasteiger partial charge >= 0.3 is 0 Å². The second-order valence-corrected chi connectivity index (χ2v) is 6.70. The number of sulfonamides is 1. The molecule has 0 radical (unpaired) electrons. The molecule has 2 rings (SSSR count). The van der Waals surface area contributed by atoms with Gasteiger partial charge in [0.25, 0.3) is 0 Å². The molecule has 0 amide bonds. The zero-order valence-corrected chi connectivity index (χ0v) is 11.3. The van der Waals surface area contributed by atoms with Crippen LogP contribution >= 0.6 is 0 Å². The third-order valence-corrected chi connectivity index (χ3v) is 5.48. The third-order valence-electron chi connectivity index (χ3n) is 3.59. The lowest BCUT2D eigenvalue weighted by Gasteiger charge is -2.37. The van der Waals surface area contributed by atoms with Crippen molar-refractivity contribution in [3.05, 3.63) is 0 Å². The van der Waals surface area contributed by atoms with Crippen LogP contribution in [-0.2, 0) is 19.5 Å². The zero-order valence-electron chi connectivity index (χ0n) is 10.5. The highest BCUT2D eigenvalue weighted by molar-refractivity contribution is 7.89. The Balaban J connectivity index is 2.13. The number of hydrogen-bond donors (Lipinski definition) is 0. The van der Waals surface area contributed by atoms with E-state index in [0.29, 0.717) is 19.8 Å². The van der Waals surface area contributed by atoms with E-state index in [9.17, 15) is 8.42 Å². The summed E-state index contributed by atoms with van der Waals surface area (Å²) in [6, 6.07) is -0.0229. The Kier molecular flexibility index (Phi) is 4.07. The molecule has 6 heteroatoms. The largest absolute Gasteiger partial charge is 0.376 e. The predicted molar refractivity (Wildman–Crippen MR) is 64.3 cm³/mol. The fourth-order valence-electron chi connectivity index (χ4n) is 2.79. The molecule has 1 aliphatic carbocycles. The smallest absolute Gasteiger partial charge is 0.214 e. The maximum Gasteiger partial charge on any atom is 0.214 e. The van der Waals surface area contributed by atoms with Gasteiger partial charge in [-0.15, -0.1) is 0 Å². The molecule has 1 heterocycles. The molecule has 0 aromatic carbocycles. The minimum atomic E-state index is -3.12. The zero-order chi connectivity index (χ0) is 12.5. The van der Waals surface area contributed by atoms with E-state index in [2.05, 4.69) is 0 Å². The summed E-state index contributed by atoms with van der Waals surface area (Å²) in [6.07, 6.45) is 1.71. The second kappa shape index (κ2) is 5.22. The number of morpholine rings is 1. The summed E-state index contributed by atoms with van der Waals surface area (Å²) in [7, 11) is -3.12. The monoisotopic (exact) mass is 263 g/mol. The molecule has 100 valence electrons. The highest BCUT2D eigenvalue weighted by atomic mass is 32.2. The Bertz CT molecular complexity index is 356. The first-order chi connectivity index (χ1) is 8.10. The molecule has 17 heavy (non-hydrogen) atoms. The van der Waals surface area contributed by atoms with Gasteiger partial charge in [0.1, 0.15) is 6.10 Å². The van der Waals surface area contributed by atoms with Crippen molar-refractivity contribution in [3.8, 4) is 0 Å². The van der Waals surface area contributed by atoms with Crippen LogP contribution in [0.3, 0.4) is 0 Å². The van der Waals surface area contributed by atoms with E-state index in [-0.39, 0.29) is 24.0 Å². The van der Waals surface area contributed by atoms with Crippen molar-refractivity contribution >= 4 is 10.0 Å². The number of nitrogens with zero attached hydrogens (tertiary/aromatic N) is 1. The van der Waals surface area contributed by atoms with Gasteiger partial charge in [-0.05, 0) is 26.7 Å². The molecule has 1 aliphatic heterocycles. The van der Waals surface area contributed by atoms with Gasteiger partial charge in [-0.25, -0.2) is 8.42 Å². The normalized spacial score (nSPS) is 34.8. The van der Waals surface area contributed by atoms with Crippen molar-refractivity contribution in [1.82, 2.24) is 4.31 Å². The molecule has 1 saturated heterocycles. The van der Waals surface area contributed by atoms with Gasteiger partial charge in [0.2, 0.25) is 10.0 Å². The van der Waals surface area contributed by atoms with Crippen molar-refractivity contribution in [2.75, 3.05) is 25.5 Å². The van der Waals surface area contributed by atoms with Crippen LogP contribution in [-0.4, -0.2) is 56.5 Å². The summed E-state index contributed by atoms with van der Waals surface area (Å²) < 4.78 is 36.9. The molecule has 0 spiro atoms. The Morgan fingerprint density at radius 3 is 2.76 bits per heavy atom. The highest BCUT2D eigenvalue weighted by Gasteiger charge is 2.46. The summed E-state index contributed by atoms with van der Waals surface area (Å²) in [4.78, 5) is 0. The molecule has 3 atom stereocenters. The minimum Gasteiger partial charge on any atom is -0.376 e. The Labute approximate surface area is 103 Å². The first-order valence-electron chi connectivity index (χ1n) is 6.33. The van der Waals surface area contributed by atoms with E-state index < -0.39 is 10.0 Å². The first-order valence-corrected chi connectivity index (χ1v) is 7.93. The molecule has 0 N–H and O–H groups in total. The van der Waals surface area contributed by atoms with Crippen LogP contribution in [0.5, 0.6) is 0 Å². The van der Waals surface area contributed by atoms with Gasteiger partial charge in [-0.1, -0.05) is 0 Å². The minimum absolute atomic E-state index is 0.0229. The van der Waals surface area contributed by atoms with Crippen LogP contribution in [0.1, 0.15) is 26.7 Å². The molecular weight excluding hydrogens is 242 g/mol. The van der Waals surface area contributed by atoms with E-state index >= 15 is 0 Å². The van der Waals surface area contributed by atoms with Gasteiger partial charge in [0.05, 0.1) is 24.5 Å². The van der Waals surface area contributed by atoms with Crippen LogP contribution in [0.15, 0.2) is 0 Å². The lowest BCUT2D eigenvalue weighted by molar-refractivity contribution is -0.0938. The summed E-state index contributed by atoms with van der Waals surface area (Å²) in [5, 5.41) is 0. The first kappa shape index (κ1) is 13.3. The van der Waals surface area contributed by atoms with Crippen LogP contribution in [0.2, 0.25) is 0 Å². The van der Waals surface area contributed by atoms with Crippen molar-refractivity contribution in [3.63, 3.8) is 0 Å². The van der Waals surface area contributed by atoms with Crippen LogP contribution in [0, 0.1) is 0 Å². The predicted octanol–water partition coefficient (Wildman–Crippen LogP) is 0.604. The standard InChI is InChI=1S/C11H21NO4S/c1-3-15-10-6-5-9-11(10)16-8-7-12(9)17(13,14)4-2/h9-11H,3-8H2,1-2H3/t9-,10+,11+/m1/s1. The van der Waals surface area contributed by atoms with Crippen LogP contribution in [0.4, 0.5) is 0 Å². The summed E-state index contributed by atoms with van der Waals surface area (Å²) in [5.74, 6) is 0.162.